The Morgan fingerprint density at radius 2 is 1.81 bits per heavy atom. The van der Waals surface area contributed by atoms with Crippen LogP contribution in [0.5, 0.6) is 0 Å². The summed E-state index contributed by atoms with van der Waals surface area (Å²) in [6.07, 6.45) is -1.85. The van der Waals surface area contributed by atoms with Crippen LogP contribution < -0.4 is 0 Å². The van der Waals surface area contributed by atoms with Gasteiger partial charge in [-0.25, -0.2) is 9.97 Å². The lowest BCUT2D eigenvalue weighted by atomic mass is 9.71. The van der Waals surface area contributed by atoms with E-state index in [2.05, 4.69) is 50.7 Å². The summed E-state index contributed by atoms with van der Waals surface area (Å²) in [5, 5.41) is 0.189. The summed E-state index contributed by atoms with van der Waals surface area (Å²) in [5.74, 6) is 0.634. The molecule has 32 heavy (non-hydrogen) atoms. The van der Waals surface area contributed by atoms with E-state index in [1.807, 2.05) is 18.2 Å². The van der Waals surface area contributed by atoms with Crippen LogP contribution in [0.4, 0.5) is 13.2 Å². The third-order valence-electron chi connectivity index (χ3n) is 6.47. The zero-order chi connectivity index (χ0) is 23.3. The summed E-state index contributed by atoms with van der Waals surface area (Å²) in [4.78, 5) is 13.5. The van der Waals surface area contributed by atoms with E-state index < -0.39 is 11.9 Å². The van der Waals surface area contributed by atoms with Crippen molar-refractivity contribution >= 4 is 17.5 Å². The van der Waals surface area contributed by atoms with Crippen molar-refractivity contribution in [1.82, 2.24) is 9.97 Å². The van der Waals surface area contributed by atoms with Crippen LogP contribution in [0.3, 0.4) is 0 Å². The van der Waals surface area contributed by atoms with Crippen LogP contribution in [0.1, 0.15) is 69.1 Å². The van der Waals surface area contributed by atoms with Gasteiger partial charge in [0.05, 0.1) is 11.3 Å². The van der Waals surface area contributed by atoms with E-state index in [1.54, 1.807) is 0 Å². The van der Waals surface area contributed by atoms with Crippen molar-refractivity contribution in [3.8, 4) is 0 Å². The first-order chi connectivity index (χ1) is 14.8. The first kappa shape index (κ1) is 23.3. The molecule has 0 fully saturated rings. The number of fused-ring (bicyclic) bond motifs is 2. The molecule has 1 atom stereocenters. The van der Waals surface area contributed by atoms with Gasteiger partial charge in [-0.1, -0.05) is 56.8 Å². The van der Waals surface area contributed by atoms with E-state index in [9.17, 15) is 13.2 Å². The fraction of sp³-hybridized carbons (Fsp3) is 0.560. The summed E-state index contributed by atoms with van der Waals surface area (Å²) in [7, 11) is 0. The van der Waals surface area contributed by atoms with Crippen LogP contribution in [0.15, 0.2) is 34.4 Å². The number of rotatable bonds is 3. The average molecular weight is 462 g/mol. The molecule has 2 heterocycles. The minimum absolute atomic E-state index is 0.0483. The summed E-state index contributed by atoms with van der Waals surface area (Å²) in [6, 6.07) is 8.11. The van der Waals surface area contributed by atoms with Gasteiger partial charge in [-0.05, 0) is 62.0 Å². The number of hydrogen-bond acceptors (Lipinski definition) is 4. The monoisotopic (exact) mass is 461 g/mol. The second kappa shape index (κ2) is 8.15. The van der Waals surface area contributed by atoms with Crippen LogP contribution in [0.25, 0.3) is 0 Å². The fourth-order valence-corrected chi connectivity index (χ4v) is 5.57. The van der Waals surface area contributed by atoms with Crippen molar-refractivity contribution in [2.24, 2.45) is 16.3 Å². The van der Waals surface area contributed by atoms with Gasteiger partial charge >= 0.3 is 6.18 Å². The molecule has 0 saturated heterocycles. The van der Waals surface area contributed by atoms with Crippen molar-refractivity contribution in [1.29, 1.82) is 0 Å². The van der Waals surface area contributed by atoms with Crippen molar-refractivity contribution in [2.75, 3.05) is 5.75 Å². The van der Waals surface area contributed by atoms with Gasteiger partial charge in [0, 0.05) is 17.0 Å². The molecule has 0 unspecified atom stereocenters. The number of thioether (sulfide) groups is 1. The minimum Gasteiger partial charge on any atom is -0.282 e. The number of alkyl halides is 3. The lowest BCUT2D eigenvalue weighted by molar-refractivity contribution is -0.142. The zero-order valence-corrected chi connectivity index (χ0v) is 20.1. The normalized spacial score (nSPS) is 20.4. The van der Waals surface area contributed by atoms with Crippen LogP contribution in [0, 0.1) is 11.3 Å². The SMILES string of the molecule is CC1(C)Cc2ccccc2C(CSc2nc3c(c(C(F)(F)F)n2)C[C@H](C(C)(C)C)CC3)=N1. The van der Waals surface area contributed by atoms with Gasteiger partial charge in [-0.15, -0.1) is 0 Å². The largest absolute Gasteiger partial charge is 0.433 e. The van der Waals surface area contributed by atoms with Crippen molar-refractivity contribution in [2.45, 2.75) is 77.2 Å². The maximum absolute atomic E-state index is 13.9. The molecule has 0 N–H and O–H groups in total. The maximum atomic E-state index is 13.9. The number of benzene rings is 1. The molecule has 1 aliphatic heterocycles. The predicted octanol–water partition coefficient (Wildman–Crippen LogP) is 6.56. The van der Waals surface area contributed by atoms with Crippen molar-refractivity contribution in [3.63, 3.8) is 0 Å². The Hall–Kier alpha value is -1.89. The smallest absolute Gasteiger partial charge is 0.282 e. The Bertz CT molecular complexity index is 1050. The third-order valence-corrected chi connectivity index (χ3v) is 7.33. The van der Waals surface area contributed by atoms with Gasteiger partial charge in [0.2, 0.25) is 0 Å². The van der Waals surface area contributed by atoms with E-state index >= 15 is 0 Å². The van der Waals surface area contributed by atoms with Gasteiger partial charge in [-0.3, -0.25) is 4.99 Å². The molecule has 1 aromatic heterocycles. The molecule has 0 radical (unpaired) electrons. The maximum Gasteiger partial charge on any atom is 0.433 e. The van der Waals surface area contributed by atoms with E-state index in [0.29, 0.717) is 24.3 Å². The number of halogens is 3. The standard InChI is InChI=1S/C25H30F3N3S/c1-23(2,3)16-10-11-19-18(12-16)21(25(26,27)28)30-22(29-19)32-14-20-17-9-7-6-8-15(17)13-24(4,5)31-20/h6-9,16H,10-14H2,1-5H3/t16-/m1/s1. The third kappa shape index (κ3) is 4.87. The summed E-state index contributed by atoms with van der Waals surface area (Å²) in [5.41, 5.74) is 2.99. The van der Waals surface area contributed by atoms with Gasteiger partial charge in [0.25, 0.3) is 0 Å². The van der Waals surface area contributed by atoms with Crippen molar-refractivity contribution in [3.05, 3.63) is 52.3 Å². The van der Waals surface area contributed by atoms with E-state index in [4.69, 9.17) is 4.99 Å². The molecular formula is C25H30F3N3S. The lowest BCUT2D eigenvalue weighted by Gasteiger charge is -2.35. The topological polar surface area (TPSA) is 38.1 Å². The van der Waals surface area contributed by atoms with Gasteiger partial charge in [0.15, 0.2) is 10.9 Å². The molecule has 0 amide bonds. The summed E-state index contributed by atoms with van der Waals surface area (Å²) in [6.45, 7) is 10.4. The minimum atomic E-state index is -4.49. The number of hydrogen-bond donors (Lipinski definition) is 0. The molecule has 2 aromatic rings. The first-order valence-electron chi connectivity index (χ1n) is 11.1. The van der Waals surface area contributed by atoms with Gasteiger partial charge in [0.1, 0.15) is 0 Å². The Morgan fingerprint density at radius 3 is 2.50 bits per heavy atom. The van der Waals surface area contributed by atoms with Gasteiger partial charge in [-0.2, -0.15) is 13.2 Å². The molecule has 1 aliphatic carbocycles. The lowest BCUT2D eigenvalue weighted by Crippen LogP contribution is -2.30. The highest BCUT2D eigenvalue weighted by molar-refractivity contribution is 7.99. The number of aromatic nitrogens is 2. The molecule has 0 saturated carbocycles. The van der Waals surface area contributed by atoms with Crippen LogP contribution in [-0.2, 0) is 25.4 Å². The average Bonchev–Trinajstić information content (AvgIpc) is 2.68. The molecule has 7 heteroatoms. The van der Waals surface area contributed by atoms with Crippen LogP contribution in [0.2, 0.25) is 0 Å². The van der Waals surface area contributed by atoms with Crippen LogP contribution >= 0.6 is 11.8 Å². The van der Waals surface area contributed by atoms with E-state index in [1.165, 1.54) is 17.3 Å². The molecule has 2 aliphatic rings. The Balaban J connectivity index is 1.64. The highest BCUT2D eigenvalue weighted by atomic mass is 32.2. The number of aryl methyl sites for hydroxylation is 1. The number of nitrogens with zero attached hydrogens (tertiary/aromatic N) is 3. The molecular weight excluding hydrogens is 431 g/mol. The summed E-state index contributed by atoms with van der Waals surface area (Å²) >= 11 is 1.25. The zero-order valence-electron chi connectivity index (χ0n) is 19.3. The predicted molar refractivity (Wildman–Crippen MR) is 123 cm³/mol. The van der Waals surface area contributed by atoms with E-state index in [0.717, 1.165) is 24.1 Å². The highest BCUT2D eigenvalue weighted by Crippen LogP contribution is 2.42. The second-order valence-corrected chi connectivity index (χ2v) is 11.5. The second-order valence-electron chi connectivity index (χ2n) is 10.6. The molecule has 172 valence electrons. The molecule has 3 nitrogen and oxygen atoms in total. The highest BCUT2D eigenvalue weighted by Gasteiger charge is 2.41. The first-order valence-corrected chi connectivity index (χ1v) is 12.1. The molecule has 0 spiro atoms. The molecule has 0 bridgehead atoms. The molecule has 1 aromatic carbocycles. The summed E-state index contributed by atoms with van der Waals surface area (Å²) < 4.78 is 41.8. The van der Waals surface area contributed by atoms with Crippen LogP contribution in [-0.4, -0.2) is 27.0 Å². The van der Waals surface area contributed by atoms with Crippen molar-refractivity contribution < 1.29 is 13.2 Å². The van der Waals surface area contributed by atoms with Gasteiger partial charge < -0.3 is 0 Å². The molecule has 4 rings (SSSR count). The quantitative estimate of drug-likeness (QED) is 0.384. The number of aliphatic imine (C=N–C) groups is 1. The Morgan fingerprint density at radius 1 is 1.09 bits per heavy atom. The Kier molecular flexibility index (Phi) is 5.93. The fourth-order valence-electron chi connectivity index (χ4n) is 4.76. The van der Waals surface area contributed by atoms with E-state index in [-0.39, 0.29) is 27.6 Å². The Labute approximate surface area is 192 Å².